The quantitative estimate of drug-likeness (QED) is 0.347. The molecule has 1 aliphatic rings. The molecule has 0 unspecified atom stereocenters. The van der Waals surface area contributed by atoms with E-state index in [2.05, 4.69) is 27.1 Å². The van der Waals surface area contributed by atoms with E-state index in [0.29, 0.717) is 12.0 Å². The highest BCUT2D eigenvalue weighted by Gasteiger charge is 2.36. The van der Waals surface area contributed by atoms with Crippen LogP contribution in [-0.2, 0) is 18.3 Å². The van der Waals surface area contributed by atoms with Crippen molar-refractivity contribution in [1.82, 2.24) is 25.4 Å². The van der Waals surface area contributed by atoms with Crippen molar-refractivity contribution < 1.29 is 4.74 Å². The van der Waals surface area contributed by atoms with Gasteiger partial charge in [0.05, 0.1) is 0 Å². The zero-order valence-electron chi connectivity index (χ0n) is 16.7. The second-order valence-electron chi connectivity index (χ2n) is 7.11. The lowest BCUT2D eigenvalue weighted by molar-refractivity contribution is 0.0732. The molecule has 0 radical (unpaired) electrons. The summed E-state index contributed by atoms with van der Waals surface area (Å²) in [5.74, 6) is 3.81. The van der Waals surface area contributed by atoms with Gasteiger partial charge in [0.2, 0.25) is 0 Å². The molecule has 1 fully saturated rings. The molecular formula is C18H34N6OS. The summed E-state index contributed by atoms with van der Waals surface area (Å²) in [6.45, 7) is 5.18. The molecule has 1 aromatic rings. The first-order valence-electron chi connectivity index (χ1n) is 9.45. The normalized spacial score (nSPS) is 16.4. The molecule has 148 valence electrons. The van der Waals surface area contributed by atoms with Crippen LogP contribution < -0.4 is 10.6 Å². The van der Waals surface area contributed by atoms with Gasteiger partial charge in [-0.05, 0) is 50.0 Å². The molecule has 7 nitrogen and oxygen atoms in total. The van der Waals surface area contributed by atoms with Crippen LogP contribution in [0.15, 0.2) is 4.99 Å². The van der Waals surface area contributed by atoms with E-state index in [1.807, 2.05) is 30.3 Å². The van der Waals surface area contributed by atoms with Crippen molar-refractivity contribution in [3.63, 3.8) is 0 Å². The molecule has 0 aliphatic heterocycles. The fraction of sp³-hybridized carbons (Fsp3) is 0.833. The van der Waals surface area contributed by atoms with Crippen LogP contribution in [0.1, 0.15) is 43.8 Å². The number of aryl methyl sites for hydroxylation is 1. The Kier molecular flexibility index (Phi) is 8.71. The van der Waals surface area contributed by atoms with Crippen LogP contribution >= 0.6 is 11.8 Å². The minimum atomic E-state index is 0.360. The number of nitrogens with zero attached hydrogens (tertiary/aromatic N) is 4. The first kappa shape index (κ1) is 21.0. The number of ether oxygens (including phenoxy) is 1. The summed E-state index contributed by atoms with van der Waals surface area (Å²) in [5.41, 5.74) is 0.360. The minimum absolute atomic E-state index is 0.360. The van der Waals surface area contributed by atoms with Gasteiger partial charge >= 0.3 is 0 Å². The Morgan fingerprint density at radius 1 is 1.35 bits per heavy atom. The van der Waals surface area contributed by atoms with Crippen molar-refractivity contribution in [3.8, 4) is 0 Å². The molecule has 1 saturated carbocycles. The van der Waals surface area contributed by atoms with Gasteiger partial charge < -0.3 is 19.9 Å². The lowest BCUT2D eigenvalue weighted by Crippen LogP contribution is -2.47. The van der Waals surface area contributed by atoms with Crippen LogP contribution in [0, 0.1) is 12.3 Å². The minimum Gasteiger partial charge on any atom is -0.385 e. The molecular weight excluding hydrogens is 348 g/mol. The lowest BCUT2D eigenvalue weighted by Gasteiger charge is -2.42. The molecule has 0 atom stereocenters. The monoisotopic (exact) mass is 382 g/mol. The largest absolute Gasteiger partial charge is 0.385 e. The molecule has 2 N–H and O–H groups in total. The number of methoxy groups -OCH3 is 1. The van der Waals surface area contributed by atoms with Crippen molar-refractivity contribution in [2.75, 3.05) is 38.8 Å². The maximum Gasteiger partial charge on any atom is 0.191 e. The van der Waals surface area contributed by atoms with Crippen molar-refractivity contribution in [3.05, 3.63) is 11.6 Å². The standard InChI is InChI=1S/C18H34N6OS/c1-15-22-23-16(24(15)2)13-20-17(19-10-6-12-26-4)21-14-18(7-5-8-18)9-11-25-3/h5-14H2,1-4H3,(H2,19,20,21). The van der Waals surface area contributed by atoms with Crippen LogP contribution in [0.5, 0.6) is 0 Å². The van der Waals surface area contributed by atoms with Gasteiger partial charge in [-0.3, -0.25) is 0 Å². The predicted octanol–water partition coefficient (Wildman–Crippen LogP) is 2.12. The topological polar surface area (TPSA) is 76.4 Å². The Labute approximate surface area is 161 Å². The number of thioether (sulfide) groups is 1. The number of aromatic nitrogens is 3. The van der Waals surface area contributed by atoms with Crippen molar-refractivity contribution in [2.45, 2.75) is 45.6 Å². The molecule has 2 rings (SSSR count). The Morgan fingerprint density at radius 2 is 2.15 bits per heavy atom. The van der Waals surface area contributed by atoms with Crippen LogP contribution in [0.25, 0.3) is 0 Å². The summed E-state index contributed by atoms with van der Waals surface area (Å²) in [7, 11) is 3.76. The van der Waals surface area contributed by atoms with E-state index in [1.54, 1.807) is 7.11 Å². The van der Waals surface area contributed by atoms with Gasteiger partial charge in [0.1, 0.15) is 12.4 Å². The van der Waals surface area contributed by atoms with E-state index in [0.717, 1.165) is 55.9 Å². The van der Waals surface area contributed by atoms with Crippen molar-refractivity contribution in [2.24, 2.45) is 17.5 Å². The molecule has 26 heavy (non-hydrogen) atoms. The number of aliphatic imine (C=N–C) groups is 1. The van der Waals surface area contributed by atoms with Crippen LogP contribution in [0.3, 0.4) is 0 Å². The van der Waals surface area contributed by atoms with Crippen LogP contribution in [0.4, 0.5) is 0 Å². The lowest BCUT2D eigenvalue weighted by atomic mass is 9.67. The fourth-order valence-electron chi connectivity index (χ4n) is 3.12. The van der Waals surface area contributed by atoms with Gasteiger partial charge in [0.25, 0.3) is 0 Å². The third-order valence-electron chi connectivity index (χ3n) is 5.26. The molecule has 8 heteroatoms. The third-order valence-corrected chi connectivity index (χ3v) is 5.96. The molecule has 1 aromatic heterocycles. The number of guanidine groups is 1. The first-order chi connectivity index (χ1) is 12.6. The Hall–Kier alpha value is -1.28. The van der Waals surface area contributed by atoms with E-state index in [-0.39, 0.29) is 0 Å². The smallest absolute Gasteiger partial charge is 0.191 e. The third kappa shape index (κ3) is 6.16. The number of rotatable bonds is 11. The Bertz CT molecular complexity index is 570. The zero-order chi connectivity index (χ0) is 18.8. The summed E-state index contributed by atoms with van der Waals surface area (Å²) in [4.78, 5) is 4.74. The first-order valence-corrected chi connectivity index (χ1v) is 10.8. The molecule has 0 amide bonds. The van der Waals surface area contributed by atoms with Gasteiger partial charge in [-0.15, -0.1) is 10.2 Å². The summed E-state index contributed by atoms with van der Waals surface area (Å²) >= 11 is 1.87. The number of hydrogen-bond donors (Lipinski definition) is 2. The van der Waals surface area contributed by atoms with Gasteiger partial charge in [-0.1, -0.05) is 6.42 Å². The van der Waals surface area contributed by atoms with Gasteiger partial charge in [0, 0.05) is 33.9 Å². The molecule has 1 heterocycles. The maximum atomic E-state index is 5.30. The molecule has 0 saturated heterocycles. The highest BCUT2D eigenvalue weighted by atomic mass is 32.2. The number of nitrogens with one attached hydrogen (secondary N) is 2. The highest BCUT2D eigenvalue weighted by Crippen LogP contribution is 2.43. The van der Waals surface area contributed by atoms with Crippen LogP contribution in [-0.4, -0.2) is 59.5 Å². The second-order valence-corrected chi connectivity index (χ2v) is 8.10. The zero-order valence-corrected chi connectivity index (χ0v) is 17.5. The SMILES string of the molecule is COCCC1(CNC(=NCc2nnc(C)n2C)NCCCSC)CCC1. The van der Waals surface area contributed by atoms with E-state index >= 15 is 0 Å². The average Bonchev–Trinajstić information content (AvgIpc) is 2.93. The van der Waals surface area contributed by atoms with Gasteiger partial charge in [-0.25, -0.2) is 4.99 Å². The highest BCUT2D eigenvalue weighted by molar-refractivity contribution is 7.98. The molecule has 1 aliphatic carbocycles. The van der Waals surface area contributed by atoms with Crippen molar-refractivity contribution >= 4 is 17.7 Å². The second kappa shape index (κ2) is 10.8. The Balaban J connectivity index is 1.93. The van der Waals surface area contributed by atoms with E-state index in [1.165, 1.54) is 19.3 Å². The van der Waals surface area contributed by atoms with E-state index < -0.39 is 0 Å². The van der Waals surface area contributed by atoms with E-state index in [9.17, 15) is 0 Å². The van der Waals surface area contributed by atoms with E-state index in [4.69, 9.17) is 9.73 Å². The fourth-order valence-corrected chi connectivity index (χ4v) is 3.55. The molecule has 0 aromatic carbocycles. The summed E-state index contributed by atoms with van der Waals surface area (Å²) in [6.07, 6.45) is 8.23. The van der Waals surface area contributed by atoms with Gasteiger partial charge in [0.15, 0.2) is 11.8 Å². The predicted molar refractivity (Wildman–Crippen MR) is 109 cm³/mol. The summed E-state index contributed by atoms with van der Waals surface area (Å²) < 4.78 is 7.29. The summed E-state index contributed by atoms with van der Waals surface area (Å²) in [6, 6.07) is 0. The van der Waals surface area contributed by atoms with Crippen molar-refractivity contribution in [1.29, 1.82) is 0 Å². The average molecular weight is 383 g/mol. The maximum absolute atomic E-state index is 5.30. The Morgan fingerprint density at radius 3 is 2.73 bits per heavy atom. The summed E-state index contributed by atoms with van der Waals surface area (Å²) in [5, 5.41) is 15.3. The molecule has 0 bridgehead atoms. The van der Waals surface area contributed by atoms with Crippen LogP contribution in [0.2, 0.25) is 0 Å². The number of hydrogen-bond acceptors (Lipinski definition) is 5. The molecule has 0 spiro atoms. The van der Waals surface area contributed by atoms with Gasteiger partial charge in [-0.2, -0.15) is 11.8 Å².